The van der Waals surface area contributed by atoms with Gasteiger partial charge in [0.1, 0.15) is 0 Å². The van der Waals surface area contributed by atoms with E-state index in [0.29, 0.717) is 17.5 Å². The van der Waals surface area contributed by atoms with Gasteiger partial charge in [0.15, 0.2) is 0 Å². The third-order valence-electron chi connectivity index (χ3n) is 5.30. The minimum atomic E-state index is -0.690. The van der Waals surface area contributed by atoms with Gasteiger partial charge in [0.2, 0.25) is 5.91 Å². The van der Waals surface area contributed by atoms with Gasteiger partial charge in [-0.25, -0.2) is 0 Å². The molecule has 2 N–H and O–H groups in total. The third-order valence-corrected chi connectivity index (χ3v) is 5.30. The number of para-hydroxylation sites is 1. The molecule has 142 valence electrons. The zero-order valence-corrected chi connectivity index (χ0v) is 15.8. The number of Topliss-reactive ketones (excluding diaryl/α,β-unsaturated/α-hetero) is 1. The van der Waals surface area contributed by atoms with Crippen LogP contribution in [0.25, 0.3) is 10.9 Å². The van der Waals surface area contributed by atoms with Gasteiger partial charge in [-0.2, -0.15) is 0 Å². The predicted octanol–water partition coefficient (Wildman–Crippen LogP) is 2.89. The van der Waals surface area contributed by atoms with E-state index in [1.807, 2.05) is 50.2 Å². The lowest BCUT2D eigenvalue weighted by Gasteiger charge is -2.18. The molecular weight excluding hydrogens is 354 g/mol. The van der Waals surface area contributed by atoms with Crippen LogP contribution in [0.1, 0.15) is 27.9 Å². The number of hydrogen-bond acceptors (Lipinski definition) is 3. The Bertz CT molecular complexity index is 1100. The molecule has 2 heterocycles. The Balaban J connectivity index is 1.47. The van der Waals surface area contributed by atoms with Gasteiger partial charge < -0.3 is 15.2 Å². The molecule has 6 heteroatoms. The van der Waals surface area contributed by atoms with Crippen molar-refractivity contribution in [2.75, 3.05) is 11.4 Å². The number of H-pyrrole nitrogens is 1. The van der Waals surface area contributed by atoms with Crippen LogP contribution in [0, 0.1) is 13.8 Å². The zero-order valence-electron chi connectivity index (χ0n) is 15.8. The fourth-order valence-electron chi connectivity index (χ4n) is 3.58. The number of carbonyl (C=O) groups excluding carboxylic acids is 3. The average molecular weight is 375 g/mol. The van der Waals surface area contributed by atoms with Crippen molar-refractivity contribution in [1.82, 2.24) is 10.3 Å². The smallest absolute Gasteiger partial charge is 0.292 e. The summed E-state index contributed by atoms with van der Waals surface area (Å²) in [6, 6.07) is 12.8. The molecule has 0 radical (unpaired) electrons. The molecule has 1 aliphatic heterocycles. The minimum absolute atomic E-state index is 0.0619. The molecule has 2 amide bonds. The summed E-state index contributed by atoms with van der Waals surface area (Å²) >= 11 is 0. The number of anilines is 1. The average Bonchev–Trinajstić information content (AvgIpc) is 3.27. The summed E-state index contributed by atoms with van der Waals surface area (Å²) in [5, 5.41) is 3.43. The number of benzene rings is 2. The highest BCUT2D eigenvalue weighted by Crippen LogP contribution is 2.24. The monoisotopic (exact) mass is 375 g/mol. The lowest BCUT2D eigenvalue weighted by atomic mass is 10.1. The first-order valence-electron chi connectivity index (χ1n) is 9.23. The molecule has 0 saturated carbocycles. The maximum absolute atomic E-state index is 12.6. The number of nitrogens with one attached hydrogen (secondary N) is 2. The molecule has 1 atom stereocenters. The summed E-state index contributed by atoms with van der Waals surface area (Å²) in [6.07, 6.45) is 1.73. The van der Waals surface area contributed by atoms with E-state index in [2.05, 4.69) is 10.3 Å². The van der Waals surface area contributed by atoms with Crippen molar-refractivity contribution in [1.29, 1.82) is 0 Å². The summed E-state index contributed by atoms with van der Waals surface area (Å²) in [5.74, 6) is -1.35. The summed E-state index contributed by atoms with van der Waals surface area (Å²) < 4.78 is 0. The molecule has 0 aliphatic carbocycles. The van der Waals surface area contributed by atoms with Crippen LogP contribution in [-0.4, -0.2) is 35.2 Å². The van der Waals surface area contributed by atoms with Gasteiger partial charge in [0.25, 0.3) is 11.7 Å². The molecule has 1 aromatic heterocycles. The maximum atomic E-state index is 12.6. The Labute approximate surface area is 162 Å². The highest BCUT2D eigenvalue weighted by Gasteiger charge is 2.33. The summed E-state index contributed by atoms with van der Waals surface area (Å²) in [5.41, 5.74) is 4.21. The van der Waals surface area contributed by atoms with Gasteiger partial charge >= 0.3 is 0 Å². The van der Waals surface area contributed by atoms with Crippen LogP contribution in [0.2, 0.25) is 0 Å². The van der Waals surface area contributed by atoms with Gasteiger partial charge in [-0.15, -0.1) is 0 Å². The number of rotatable bonds is 4. The second kappa shape index (κ2) is 6.96. The van der Waals surface area contributed by atoms with E-state index in [1.165, 1.54) is 0 Å². The SMILES string of the molecule is Cc1ccc(N2C[C@H](NC(=O)C(=O)c3c[nH]c4ccccc34)CC2=O)cc1C. The summed E-state index contributed by atoms with van der Waals surface area (Å²) in [6.45, 7) is 4.37. The molecule has 3 aromatic rings. The number of fused-ring (bicyclic) bond motifs is 1. The van der Waals surface area contributed by atoms with Gasteiger partial charge in [-0.1, -0.05) is 24.3 Å². The van der Waals surface area contributed by atoms with Gasteiger partial charge in [0, 0.05) is 35.8 Å². The quantitative estimate of drug-likeness (QED) is 0.543. The highest BCUT2D eigenvalue weighted by molar-refractivity contribution is 6.45. The lowest BCUT2D eigenvalue weighted by Crippen LogP contribution is -2.40. The minimum Gasteiger partial charge on any atom is -0.360 e. The van der Waals surface area contributed by atoms with Crippen LogP contribution in [0.5, 0.6) is 0 Å². The van der Waals surface area contributed by atoms with Crippen molar-refractivity contribution in [2.24, 2.45) is 0 Å². The number of aromatic nitrogens is 1. The molecule has 6 nitrogen and oxygen atoms in total. The van der Waals surface area contributed by atoms with Crippen molar-refractivity contribution in [3.63, 3.8) is 0 Å². The molecule has 2 aromatic carbocycles. The molecular formula is C22H21N3O3. The lowest BCUT2D eigenvalue weighted by molar-refractivity contribution is -0.118. The number of hydrogen-bond donors (Lipinski definition) is 2. The van der Waals surface area contributed by atoms with Crippen LogP contribution in [0.4, 0.5) is 5.69 Å². The van der Waals surface area contributed by atoms with E-state index in [4.69, 9.17) is 0 Å². The molecule has 1 fully saturated rings. The van der Waals surface area contributed by atoms with Gasteiger partial charge in [-0.05, 0) is 43.2 Å². The van der Waals surface area contributed by atoms with Gasteiger partial charge in [0.05, 0.1) is 11.6 Å². The van der Waals surface area contributed by atoms with Crippen LogP contribution in [0.3, 0.4) is 0 Å². The number of amides is 2. The van der Waals surface area contributed by atoms with Crippen molar-refractivity contribution in [2.45, 2.75) is 26.3 Å². The predicted molar refractivity (Wildman–Crippen MR) is 107 cm³/mol. The number of nitrogens with zero attached hydrogens (tertiary/aromatic N) is 1. The van der Waals surface area contributed by atoms with E-state index < -0.39 is 17.7 Å². The first kappa shape index (κ1) is 18.0. The second-order valence-corrected chi connectivity index (χ2v) is 7.22. The van der Waals surface area contributed by atoms with Crippen LogP contribution in [0.15, 0.2) is 48.7 Å². The van der Waals surface area contributed by atoms with E-state index in [0.717, 1.165) is 22.3 Å². The second-order valence-electron chi connectivity index (χ2n) is 7.22. The Morgan fingerprint density at radius 2 is 1.89 bits per heavy atom. The van der Waals surface area contributed by atoms with Crippen molar-refractivity contribution >= 4 is 34.2 Å². The maximum Gasteiger partial charge on any atom is 0.292 e. The fourth-order valence-corrected chi connectivity index (χ4v) is 3.58. The van der Waals surface area contributed by atoms with Crippen LogP contribution < -0.4 is 10.2 Å². The van der Waals surface area contributed by atoms with E-state index in [1.54, 1.807) is 17.2 Å². The Morgan fingerprint density at radius 3 is 2.68 bits per heavy atom. The summed E-state index contributed by atoms with van der Waals surface area (Å²) in [4.78, 5) is 42.2. The molecule has 4 rings (SSSR count). The topological polar surface area (TPSA) is 82.3 Å². The number of carbonyl (C=O) groups is 3. The third kappa shape index (κ3) is 3.17. The number of aryl methyl sites for hydroxylation is 2. The fraction of sp³-hybridized carbons (Fsp3) is 0.227. The van der Waals surface area contributed by atoms with E-state index in [9.17, 15) is 14.4 Å². The normalized spacial score (nSPS) is 16.6. The van der Waals surface area contributed by atoms with Crippen molar-refractivity contribution in [3.8, 4) is 0 Å². The molecule has 0 bridgehead atoms. The van der Waals surface area contributed by atoms with E-state index in [-0.39, 0.29) is 12.3 Å². The first-order chi connectivity index (χ1) is 13.4. The molecule has 0 unspecified atom stereocenters. The van der Waals surface area contributed by atoms with E-state index >= 15 is 0 Å². The molecule has 1 saturated heterocycles. The number of ketones is 1. The summed E-state index contributed by atoms with van der Waals surface area (Å²) in [7, 11) is 0. The largest absolute Gasteiger partial charge is 0.360 e. The number of aromatic amines is 1. The Kier molecular flexibility index (Phi) is 4.47. The van der Waals surface area contributed by atoms with Crippen LogP contribution >= 0.6 is 0 Å². The Morgan fingerprint density at radius 1 is 1.11 bits per heavy atom. The van der Waals surface area contributed by atoms with Crippen molar-refractivity contribution in [3.05, 3.63) is 65.4 Å². The van der Waals surface area contributed by atoms with Gasteiger partial charge in [-0.3, -0.25) is 14.4 Å². The first-order valence-corrected chi connectivity index (χ1v) is 9.23. The zero-order chi connectivity index (χ0) is 19.8. The molecule has 0 spiro atoms. The Hall–Kier alpha value is -3.41. The van der Waals surface area contributed by atoms with Crippen molar-refractivity contribution < 1.29 is 14.4 Å². The molecule has 28 heavy (non-hydrogen) atoms. The van der Waals surface area contributed by atoms with Crippen LogP contribution in [-0.2, 0) is 9.59 Å². The molecule has 1 aliphatic rings. The standard InChI is InChI=1S/C22H21N3O3/c1-13-7-8-16(9-14(13)2)25-12-15(10-20(25)26)24-22(28)21(27)18-11-23-19-6-4-3-5-17(18)19/h3-9,11,15,23H,10,12H2,1-2H3,(H,24,28)/t15-/m1/s1. The highest BCUT2D eigenvalue weighted by atomic mass is 16.2.